The van der Waals surface area contributed by atoms with Crippen LogP contribution in [0.25, 0.3) is 0 Å². The molecule has 0 saturated carbocycles. The maximum Gasteiger partial charge on any atom is 0.251 e. The van der Waals surface area contributed by atoms with Crippen molar-refractivity contribution in [2.45, 2.75) is 38.6 Å². The molecular formula is C17H25N3O2. The first kappa shape index (κ1) is 16.5. The van der Waals surface area contributed by atoms with E-state index >= 15 is 0 Å². The monoisotopic (exact) mass is 303 g/mol. The van der Waals surface area contributed by atoms with Crippen LogP contribution in [-0.4, -0.2) is 37.0 Å². The predicted octanol–water partition coefficient (Wildman–Crippen LogP) is 1.37. The zero-order chi connectivity index (χ0) is 16.0. The van der Waals surface area contributed by atoms with Crippen LogP contribution in [0.1, 0.15) is 42.1 Å². The second kappa shape index (κ2) is 7.40. The van der Waals surface area contributed by atoms with E-state index in [9.17, 15) is 9.59 Å². The molecule has 1 saturated heterocycles. The van der Waals surface area contributed by atoms with Crippen LogP contribution in [0.4, 0.5) is 0 Å². The molecule has 1 heterocycles. The number of piperidine rings is 1. The highest BCUT2D eigenvalue weighted by Crippen LogP contribution is 2.18. The van der Waals surface area contributed by atoms with Crippen molar-refractivity contribution in [3.63, 3.8) is 0 Å². The van der Waals surface area contributed by atoms with E-state index in [1.807, 2.05) is 26.0 Å². The third-order valence-electron chi connectivity index (χ3n) is 4.13. The summed E-state index contributed by atoms with van der Waals surface area (Å²) in [5.41, 5.74) is 1.29. The molecule has 1 unspecified atom stereocenters. The van der Waals surface area contributed by atoms with Crippen LogP contribution < -0.4 is 16.0 Å². The Morgan fingerprint density at radius 1 is 1.14 bits per heavy atom. The molecule has 5 nitrogen and oxygen atoms in total. The zero-order valence-electron chi connectivity index (χ0n) is 13.4. The minimum Gasteiger partial charge on any atom is -0.353 e. The first-order chi connectivity index (χ1) is 10.5. The Balaban J connectivity index is 1.71. The Morgan fingerprint density at radius 3 is 2.45 bits per heavy atom. The van der Waals surface area contributed by atoms with E-state index in [1.54, 1.807) is 12.1 Å². The number of nitrogens with one attached hydrogen (secondary N) is 3. The first-order valence-electron chi connectivity index (χ1n) is 7.89. The molecule has 3 N–H and O–H groups in total. The van der Waals surface area contributed by atoms with E-state index in [1.165, 1.54) is 0 Å². The molecule has 1 fully saturated rings. The maximum absolute atomic E-state index is 12.2. The van der Waals surface area contributed by atoms with Crippen LogP contribution in [0.2, 0.25) is 0 Å². The fourth-order valence-corrected chi connectivity index (χ4v) is 2.60. The van der Waals surface area contributed by atoms with Gasteiger partial charge in [-0.1, -0.05) is 17.7 Å². The quantitative estimate of drug-likeness (QED) is 0.720. The molecule has 0 aliphatic carbocycles. The van der Waals surface area contributed by atoms with Gasteiger partial charge in [-0.05, 0) is 51.8 Å². The molecule has 1 aliphatic heterocycles. The zero-order valence-corrected chi connectivity index (χ0v) is 13.4. The molecule has 1 aliphatic rings. The Kier molecular flexibility index (Phi) is 5.55. The van der Waals surface area contributed by atoms with Crippen LogP contribution >= 0.6 is 0 Å². The maximum atomic E-state index is 12.2. The topological polar surface area (TPSA) is 70.2 Å². The summed E-state index contributed by atoms with van der Waals surface area (Å²) in [4.78, 5) is 24.1. The van der Waals surface area contributed by atoms with Gasteiger partial charge in [0.15, 0.2) is 0 Å². The number of carbonyl (C=O) groups is 2. The predicted molar refractivity (Wildman–Crippen MR) is 86.8 cm³/mol. The second-order valence-electron chi connectivity index (χ2n) is 6.09. The molecule has 22 heavy (non-hydrogen) atoms. The SMILES string of the molecule is Cc1ccc(C(=O)NCCNC(=O)C2(C)CCCCN2)cc1. The second-order valence-corrected chi connectivity index (χ2v) is 6.09. The third-order valence-corrected chi connectivity index (χ3v) is 4.13. The largest absolute Gasteiger partial charge is 0.353 e. The molecule has 5 heteroatoms. The van der Waals surface area contributed by atoms with Gasteiger partial charge in [-0.25, -0.2) is 0 Å². The normalized spacial score (nSPS) is 21.2. The molecule has 2 rings (SSSR count). The Bertz CT molecular complexity index is 519. The molecule has 0 bridgehead atoms. The van der Waals surface area contributed by atoms with E-state index in [2.05, 4.69) is 16.0 Å². The highest BCUT2D eigenvalue weighted by Gasteiger charge is 2.33. The fourth-order valence-electron chi connectivity index (χ4n) is 2.60. The van der Waals surface area contributed by atoms with Gasteiger partial charge < -0.3 is 16.0 Å². The number of hydrogen-bond donors (Lipinski definition) is 3. The minimum atomic E-state index is -0.473. The van der Waals surface area contributed by atoms with Crippen LogP contribution in [0, 0.1) is 6.92 Å². The van der Waals surface area contributed by atoms with Crippen molar-refractivity contribution in [2.75, 3.05) is 19.6 Å². The molecule has 2 amide bonds. The fraction of sp³-hybridized carbons (Fsp3) is 0.529. The third kappa shape index (κ3) is 4.31. The van der Waals surface area contributed by atoms with Crippen molar-refractivity contribution >= 4 is 11.8 Å². The lowest BCUT2D eigenvalue weighted by Gasteiger charge is -2.33. The minimum absolute atomic E-state index is 0.0109. The summed E-state index contributed by atoms with van der Waals surface area (Å²) < 4.78 is 0. The van der Waals surface area contributed by atoms with Crippen molar-refractivity contribution < 1.29 is 9.59 Å². The number of aryl methyl sites for hydroxylation is 1. The Morgan fingerprint density at radius 2 is 1.82 bits per heavy atom. The lowest BCUT2D eigenvalue weighted by atomic mass is 9.90. The van der Waals surface area contributed by atoms with Crippen molar-refractivity contribution in [3.05, 3.63) is 35.4 Å². The highest BCUT2D eigenvalue weighted by atomic mass is 16.2. The number of amides is 2. The van der Waals surface area contributed by atoms with Gasteiger partial charge in [0.05, 0.1) is 5.54 Å². The molecular weight excluding hydrogens is 278 g/mol. The first-order valence-corrected chi connectivity index (χ1v) is 7.89. The van der Waals surface area contributed by atoms with E-state index in [-0.39, 0.29) is 11.8 Å². The average Bonchev–Trinajstić information content (AvgIpc) is 2.52. The van der Waals surface area contributed by atoms with Gasteiger partial charge in [0.1, 0.15) is 0 Å². The van der Waals surface area contributed by atoms with Gasteiger partial charge in [0, 0.05) is 18.7 Å². The van der Waals surface area contributed by atoms with Crippen LogP contribution in [0.15, 0.2) is 24.3 Å². The summed E-state index contributed by atoms with van der Waals surface area (Å²) >= 11 is 0. The molecule has 0 radical (unpaired) electrons. The van der Waals surface area contributed by atoms with Gasteiger partial charge in [-0.2, -0.15) is 0 Å². The van der Waals surface area contributed by atoms with Crippen LogP contribution in [-0.2, 0) is 4.79 Å². The molecule has 120 valence electrons. The number of carbonyl (C=O) groups excluding carboxylic acids is 2. The number of hydrogen-bond acceptors (Lipinski definition) is 3. The lowest BCUT2D eigenvalue weighted by Crippen LogP contribution is -2.57. The summed E-state index contributed by atoms with van der Waals surface area (Å²) in [5, 5.41) is 8.98. The Labute approximate surface area is 131 Å². The lowest BCUT2D eigenvalue weighted by molar-refractivity contribution is -0.127. The molecule has 0 aromatic heterocycles. The standard InChI is InChI=1S/C17H25N3O2/c1-13-5-7-14(8-6-13)15(21)18-11-12-19-16(22)17(2)9-3-4-10-20-17/h5-8,20H,3-4,9-12H2,1-2H3,(H,18,21)(H,19,22). The van der Waals surface area contributed by atoms with E-state index in [4.69, 9.17) is 0 Å². The number of rotatable bonds is 5. The van der Waals surface area contributed by atoms with Crippen molar-refractivity contribution in [1.82, 2.24) is 16.0 Å². The Hall–Kier alpha value is -1.88. The summed E-state index contributed by atoms with van der Waals surface area (Å²) in [5.74, 6) is -0.104. The van der Waals surface area contributed by atoms with Crippen molar-refractivity contribution in [2.24, 2.45) is 0 Å². The van der Waals surface area contributed by atoms with Crippen LogP contribution in [0.3, 0.4) is 0 Å². The summed E-state index contributed by atoms with van der Waals surface area (Å²) in [6, 6.07) is 7.42. The van der Waals surface area contributed by atoms with Gasteiger partial charge in [0.2, 0.25) is 5.91 Å². The van der Waals surface area contributed by atoms with Gasteiger partial charge in [-0.3, -0.25) is 9.59 Å². The smallest absolute Gasteiger partial charge is 0.251 e. The summed E-state index contributed by atoms with van der Waals surface area (Å²) in [6.07, 6.45) is 3.05. The average molecular weight is 303 g/mol. The van der Waals surface area contributed by atoms with E-state index < -0.39 is 5.54 Å². The molecule has 1 aromatic rings. The molecule has 1 atom stereocenters. The number of benzene rings is 1. The van der Waals surface area contributed by atoms with E-state index in [0.717, 1.165) is 31.4 Å². The van der Waals surface area contributed by atoms with Gasteiger partial charge in [0.25, 0.3) is 5.91 Å². The summed E-state index contributed by atoms with van der Waals surface area (Å²) in [6.45, 7) is 5.67. The summed E-state index contributed by atoms with van der Waals surface area (Å²) in [7, 11) is 0. The van der Waals surface area contributed by atoms with Crippen LogP contribution in [0.5, 0.6) is 0 Å². The highest BCUT2D eigenvalue weighted by molar-refractivity contribution is 5.94. The van der Waals surface area contributed by atoms with E-state index in [0.29, 0.717) is 18.7 Å². The van der Waals surface area contributed by atoms with Crippen molar-refractivity contribution in [3.8, 4) is 0 Å². The van der Waals surface area contributed by atoms with Crippen molar-refractivity contribution in [1.29, 1.82) is 0 Å². The van der Waals surface area contributed by atoms with Gasteiger partial charge in [-0.15, -0.1) is 0 Å². The van der Waals surface area contributed by atoms with Gasteiger partial charge >= 0.3 is 0 Å². The molecule has 0 spiro atoms. The molecule has 1 aromatic carbocycles.